The molecule has 2 aromatic carbocycles. The van der Waals surface area contributed by atoms with Crippen LogP contribution < -0.4 is 5.32 Å². The molecule has 0 aromatic heterocycles. The zero-order valence-electron chi connectivity index (χ0n) is 16.0. The number of sulfonamides is 1. The summed E-state index contributed by atoms with van der Waals surface area (Å²) in [5, 5.41) is 12.9. The molecule has 0 aliphatic carbocycles. The molecule has 1 saturated heterocycles. The van der Waals surface area contributed by atoms with E-state index in [1.165, 1.54) is 22.5 Å². The highest BCUT2D eigenvalue weighted by molar-refractivity contribution is 7.89. The molecule has 1 heterocycles. The highest BCUT2D eigenvalue weighted by atomic mass is 32.2. The molecule has 2 N–H and O–H groups in total. The summed E-state index contributed by atoms with van der Waals surface area (Å²) < 4.78 is 27.0. The first-order valence-electron chi connectivity index (χ1n) is 9.62. The van der Waals surface area contributed by atoms with E-state index in [1.54, 1.807) is 0 Å². The van der Waals surface area contributed by atoms with Gasteiger partial charge in [0.05, 0.1) is 16.5 Å². The molecule has 150 valence electrons. The van der Waals surface area contributed by atoms with E-state index in [1.807, 2.05) is 37.3 Å². The van der Waals surface area contributed by atoms with Crippen LogP contribution in [0.2, 0.25) is 0 Å². The molecular weight excluding hydrogens is 376 g/mol. The number of carbonyl (C=O) groups excluding carboxylic acids is 1. The number of benzene rings is 2. The maximum absolute atomic E-state index is 12.9. The lowest BCUT2D eigenvalue weighted by molar-refractivity contribution is -0.117. The smallest absolute Gasteiger partial charge is 0.243 e. The van der Waals surface area contributed by atoms with Gasteiger partial charge >= 0.3 is 0 Å². The van der Waals surface area contributed by atoms with Crippen LogP contribution in [0.4, 0.5) is 5.69 Å². The van der Waals surface area contributed by atoms with Gasteiger partial charge in [-0.05, 0) is 43.0 Å². The molecule has 7 heteroatoms. The summed E-state index contributed by atoms with van der Waals surface area (Å²) in [6.45, 7) is 3.00. The van der Waals surface area contributed by atoms with E-state index in [9.17, 15) is 18.3 Å². The monoisotopic (exact) mass is 402 g/mol. The van der Waals surface area contributed by atoms with Gasteiger partial charge in [0.1, 0.15) is 5.75 Å². The van der Waals surface area contributed by atoms with Crippen molar-refractivity contribution in [3.63, 3.8) is 0 Å². The number of nitrogens with one attached hydrogen (secondary N) is 1. The van der Waals surface area contributed by atoms with Crippen molar-refractivity contribution in [1.29, 1.82) is 0 Å². The zero-order chi connectivity index (χ0) is 20.1. The van der Waals surface area contributed by atoms with Crippen molar-refractivity contribution in [2.75, 3.05) is 18.4 Å². The lowest BCUT2D eigenvalue weighted by Crippen LogP contribution is -2.28. The van der Waals surface area contributed by atoms with Crippen LogP contribution in [0.3, 0.4) is 0 Å². The minimum absolute atomic E-state index is 0.0780. The van der Waals surface area contributed by atoms with E-state index in [0.717, 1.165) is 24.8 Å². The largest absolute Gasteiger partial charge is 0.506 e. The van der Waals surface area contributed by atoms with E-state index in [4.69, 9.17) is 0 Å². The van der Waals surface area contributed by atoms with Crippen molar-refractivity contribution in [3.8, 4) is 5.75 Å². The van der Waals surface area contributed by atoms with E-state index in [-0.39, 0.29) is 28.2 Å². The first-order chi connectivity index (χ1) is 13.4. The number of carbonyl (C=O) groups is 1. The van der Waals surface area contributed by atoms with Crippen molar-refractivity contribution >= 4 is 21.6 Å². The van der Waals surface area contributed by atoms with Gasteiger partial charge in [-0.15, -0.1) is 0 Å². The molecule has 1 aliphatic rings. The van der Waals surface area contributed by atoms with E-state index in [0.29, 0.717) is 19.5 Å². The summed E-state index contributed by atoms with van der Waals surface area (Å²) in [4.78, 5) is 13.0. The number of hydrogen-bond acceptors (Lipinski definition) is 4. The van der Waals surface area contributed by atoms with Gasteiger partial charge < -0.3 is 10.4 Å². The number of amides is 1. The Kier molecular flexibility index (Phi) is 6.36. The molecule has 0 bridgehead atoms. The third-order valence-corrected chi connectivity index (χ3v) is 6.92. The Bertz CT molecular complexity index is 923. The Morgan fingerprint density at radius 3 is 2.46 bits per heavy atom. The Balaban J connectivity index is 1.86. The number of hydrogen-bond donors (Lipinski definition) is 2. The highest BCUT2D eigenvalue weighted by Crippen LogP contribution is 2.31. The van der Waals surface area contributed by atoms with Crippen LogP contribution >= 0.6 is 0 Å². The summed E-state index contributed by atoms with van der Waals surface area (Å²) in [6, 6.07) is 13.5. The van der Waals surface area contributed by atoms with Crippen molar-refractivity contribution in [2.45, 2.75) is 43.4 Å². The molecule has 1 amide bonds. The van der Waals surface area contributed by atoms with Crippen LogP contribution in [0.5, 0.6) is 5.75 Å². The fourth-order valence-corrected chi connectivity index (χ4v) is 5.04. The number of phenols is 1. The Morgan fingerprint density at radius 2 is 1.82 bits per heavy atom. The second-order valence-corrected chi connectivity index (χ2v) is 8.97. The normalized spacial score (nSPS) is 16.0. The molecule has 1 unspecified atom stereocenters. The van der Waals surface area contributed by atoms with Crippen molar-refractivity contribution in [1.82, 2.24) is 4.31 Å². The standard InChI is InChI=1S/C21H26N2O4S/c1-2-8-18(16-9-4-3-5-10-16)21(25)22-19-15-17(11-12-20(19)24)28(26,27)23-13-6-7-14-23/h3-5,9-12,15,18,24H,2,6-8,13-14H2,1H3,(H,22,25). The maximum Gasteiger partial charge on any atom is 0.243 e. The average molecular weight is 403 g/mol. The van der Waals surface area contributed by atoms with Crippen LogP contribution in [0.25, 0.3) is 0 Å². The molecular formula is C21H26N2O4S. The van der Waals surface area contributed by atoms with Gasteiger partial charge in [0.2, 0.25) is 15.9 Å². The highest BCUT2D eigenvalue weighted by Gasteiger charge is 2.28. The average Bonchev–Trinajstić information content (AvgIpc) is 3.24. The Hall–Kier alpha value is -2.38. The van der Waals surface area contributed by atoms with Crippen molar-refractivity contribution in [3.05, 3.63) is 54.1 Å². The van der Waals surface area contributed by atoms with Gasteiger partial charge in [0, 0.05) is 13.1 Å². The molecule has 2 aromatic rings. The minimum Gasteiger partial charge on any atom is -0.506 e. The fraction of sp³-hybridized carbons (Fsp3) is 0.381. The predicted octanol–water partition coefficient (Wildman–Crippen LogP) is 3.70. The van der Waals surface area contributed by atoms with Gasteiger partial charge in [0.25, 0.3) is 0 Å². The zero-order valence-corrected chi connectivity index (χ0v) is 16.8. The number of nitrogens with zero attached hydrogens (tertiary/aromatic N) is 1. The van der Waals surface area contributed by atoms with Gasteiger partial charge in [0.15, 0.2) is 0 Å². The second-order valence-electron chi connectivity index (χ2n) is 7.03. The number of anilines is 1. The van der Waals surface area contributed by atoms with Crippen LogP contribution in [0.1, 0.15) is 44.1 Å². The van der Waals surface area contributed by atoms with Gasteiger partial charge in [-0.25, -0.2) is 8.42 Å². The molecule has 0 spiro atoms. The predicted molar refractivity (Wildman–Crippen MR) is 109 cm³/mol. The summed E-state index contributed by atoms with van der Waals surface area (Å²) in [6.07, 6.45) is 3.16. The van der Waals surface area contributed by atoms with Crippen molar-refractivity contribution in [2.24, 2.45) is 0 Å². The van der Waals surface area contributed by atoms with Gasteiger partial charge in [-0.1, -0.05) is 43.7 Å². The molecule has 0 radical (unpaired) electrons. The quantitative estimate of drug-likeness (QED) is 0.692. The second kappa shape index (κ2) is 8.75. The lowest BCUT2D eigenvalue weighted by Gasteiger charge is -2.19. The SMILES string of the molecule is CCCC(C(=O)Nc1cc(S(=O)(=O)N2CCCC2)ccc1O)c1ccccc1. The number of rotatable bonds is 7. The molecule has 1 aliphatic heterocycles. The maximum atomic E-state index is 12.9. The molecule has 0 saturated carbocycles. The Labute approximate surface area is 166 Å². The third kappa shape index (κ3) is 4.36. The molecule has 6 nitrogen and oxygen atoms in total. The molecule has 1 fully saturated rings. The summed E-state index contributed by atoms with van der Waals surface area (Å²) in [5.41, 5.74) is 1.00. The van der Waals surface area contributed by atoms with E-state index >= 15 is 0 Å². The van der Waals surface area contributed by atoms with E-state index < -0.39 is 10.0 Å². The first-order valence-corrected chi connectivity index (χ1v) is 11.1. The van der Waals surface area contributed by atoms with Crippen LogP contribution in [0.15, 0.2) is 53.4 Å². The topological polar surface area (TPSA) is 86.7 Å². The minimum atomic E-state index is -3.63. The first kappa shape index (κ1) is 20.4. The van der Waals surface area contributed by atoms with Crippen LogP contribution in [0, 0.1) is 0 Å². The third-order valence-electron chi connectivity index (χ3n) is 5.02. The van der Waals surface area contributed by atoms with E-state index in [2.05, 4.69) is 5.32 Å². The van der Waals surface area contributed by atoms with Crippen molar-refractivity contribution < 1.29 is 18.3 Å². The number of aromatic hydroxyl groups is 1. The lowest BCUT2D eigenvalue weighted by atomic mass is 9.93. The van der Waals surface area contributed by atoms with Crippen LogP contribution in [-0.2, 0) is 14.8 Å². The summed E-state index contributed by atoms with van der Waals surface area (Å²) >= 11 is 0. The van der Waals surface area contributed by atoms with Crippen LogP contribution in [-0.4, -0.2) is 36.8 Å². The summed E-state index contributed by atoms with van der Waals surface area (Å²) in [7, 11) is -3.63. The molecule has 28 heavy (non-hydrogen) atoms. The molecule has 1 atom stereocenters. The van der Waals surface area contributed by atoms with Gasteiger partial charge in [-0.3, -0.25) is 4.79 Å². The fourth-order valence-electron chi connectivity index (χ4n) is 3.50. The summed E-state index contributed by atoms with van der Waals surface area (Å²) in [5.74, 6) is -0.791. The molecule has 3 rings (SSSR count). The Morgan fingerprint density at radius 1 is 1.14 bits per heavy atom. The van der Waals surface area contributed by atoms with Gasteiger partial charge in [-0.2, -0.15) is 4.31 Å². The number of phenolic OH excluding ortho intramolecular Hbond substituents is 1.